The van der Waals surface area contributed by atoms with E-state index in [0.29, 0.717) is 0 Å². The van der Waals surface area contributed by atoms with Crippen LogP contribution in [0.5, 0.6) is 0 Å². The first-order valence-corrected chi connectivity index (χ1v) is 7.32. The summed E-state index contributed by atoms with van der Waals surface area (Å²) in [6.07, 6.45) is 8.70. The topological polar surface area (TPSA) is 21.1 Å². The summed E-state index contributed by atoms with van der Waals surface area (Å²) in [5.41, 5.74) is 1.37. The minimum Gasteiger partial charge on any atom is -0.333 e. The molecule has 16 heavy (non-hydrogen) atoms. The maximum atomic E-state index is 4.22. The molecule has 0 saturated carbocycles. The molecule has 4 heteroatoms. The number of imidazole rings is 1. The molecule has 90 valence electrons. The largest absolute Gasteiger partial charge is 0.333 e. The molecule has 2 rings (SSSR count). The van der Waals surface area contributed by atoms with Gasteiger partial charge in [-0.1, -0.05) is 6.92 Å². The van der Waals surface area contributed by atoms with Crippen molar-refractivity contribution in [3.63, 3.8) is 0 Å². The zero-order valence-electron chi connectivity index (χ0n) is 10.2. The summed E-state index contributed by atoms with van der Waals surface area (Å²) in [5, 5.41) is 0.771. The minimum atomic E-state index is 0.771. The fourth-order valence-corrected chi connectivity index (χ4v) is 2.47. The highest BCUT2D eigenvalue weighted by Crippen LogP contribution is 2.15. The van der Waals surface area contributed by atoms with Gasteiger partial charge in [0.15, 0.2) is 0 Å². The summed E-state index contributed by atoms with van der Waals surface area (Å²) in [4.78, 5) is 6.79. The lowest BCUT2D eigenvalue weighted by atomic mass is 10.3. The summed E-state index contributed by atoms with van der Waals surface area (Å²) < 4.78 is 2.29. The highest BCUT2D eigenvalue weighted by molar-refractivity contribution is 7.99. The molecule has 1 aromatic rings. The summed E-state index contributed by atoms with van der Waals surface area (Å²) >= 11 is 1.96. The van der Waals surface area contributed by atoms with E-state index in [1.165, 1.54) is 31.6 Å². The quantitative estimate of drug-likeness (QED) is 0.804. The fourth-order valence-electron chi connectivity index (χ4n) is 2.13. The highest BCUT2D eigenvalue weighted by Gasteiger charge is 2.14. The highest BCUT2D eigenvalue weighted by atomic mass is 32.2. The maximum absolute atomic E-state index is 4.22. The number of fused-ring (bicyclic) bond motifs is 1. The van der Waals surface area contributed by atoms with Gasteiger partial charge in [-0.3, -0.25) is 4.90 Å². The Morgan fingerprint density at radius 1 is 1.50 bits per heavy atom. The van der Waals surface area contributed by atoms with Crippen molar-refractivity contribution in [2.24, 2.45) is 0 Å². The molecular weight excluding hydrogens is 218 g/mol. The summed E-state index contributed by atoms with van der Waals surface area (Å²) in [6.45, 7) is 6.95. The number of nitrogens with zero attached hydrogens (tertiary/aromatic N) is 3. The molecule has 0 spiro atoms. The Bertz CT molecular complexity index is 324. The molecule has 0 aliphatic carbocycles. The molecule has 0 bridgehead atoms. The van der Waals surface area contributed by atoms with E-state index in [9.17, 15) is 0 Å². The van der Waals surface area contributed by atoms with Gasteiger partial charge in [0.05, 0.1) is 12.0 Å². The second-order valence-corrected chi connectivity index (χ2v) is 5.82. The van der Waals surface area contributed by atoms with E-state index in [4.69, 9.17) is 0 Å². The van der Waals surface area contributed by atoms with Crippen LogP contribution in [0.1, 0.15) is 25.5 Å². The number of aromatic nitrogens is 2. The molecule has 1 atom stereocenters. The molecule has 0 radical (unpaired) electrons. The Hall–Kier alpha value is -0.480. The lowest BCUT2D eigenvalue weighted by Crippen LogP contribution is -2.26. The van der Waals surface area contributed by atoms with Crippen LogP contribution in [0.2, 0.25) is 0 Å². The number of hydrogen-bond acceptors (Lipinski definition) is 3. The summed E-state index contributed by atoms with van der Waals surface area (Å²) in [6, 6.07) is 0. The molecule has 0 amide bonds. The van der Waals surface area contributed by atoms with E-state index in [0.717, 1.165) is 18.3 Å². The van der Waals surface area contributed by atoms with E-state index in [2.05, 4.69) is 27.6 Å². The normalized spacial score (nSPS) is 19.1. The Morgan fingerprint density at radius 2 is 2.38 bits per heavy atom. The average molecular weight is 239 g/mol. The van der Waals surface area contributed by atoms with Crippen molar-refractivity contribution in [1.29, 1.82) is 0 Å². The number of aryl methyl sites for hydroxylation is 1. The van der Waals surface area contributed by atoms with Crippen LogP contribution < -0.4 is 0 Å². The van der Waals surface area contributed by atoms with Gasteiger partial charge in [0.2, 0.25) is 0 Å². The van der Waals surface area contributed by atoms with Gasteiger partial charge in [-0.25, -0.2) is 4.98 Å². The van der Waals surface area contributed by atoms with Crippen molar-refractivity contribution in [3.05, 3.63) is 18.2 Å². The second kappa shape index (κ2) is 5.73. The summed E-state index contributed by atoms with van der Waals surface area (Å²) in [5.74, 6) is 0. The molecule has 1 aromatic heterocycles. The molecule has 0 aromatic carbocycles. The van der Waals surface area contributed by atoms with Gasteiger partial charge in [0.1, 0.15) is 0 Å². The van der Waals surface area contributed by atoms with E-state index in [1.54, 1.807) is 0 Å². The van der Waals surface area contributed by atoms with Crippen molar-refractivity contribution < 1.29 is 0 Å². The molecule has 0 fully saturated rings. The Labute approximate surface area is 102 Å². The zero-order chi connectivity index (χ0) is 11.4. The molecule has 2 heterocycles. The predicted molar refractivity (Wildman–Crippen MR) is 69.7 cm³/mol. The van der Waals surface area contributed by atoms with Gasteiger partial charge >= 0.3 is 0 Å². The van der Waals surface area contributed by atoms with Crippen LogP contribution in [0, 0.1) is 0 Å². The van der Waals surface area contributed by atoms with Crippen LogP contribution in [0.25, 0.3) is 0 Å². The molecular formula is C12H21N3S. The van der Waals surface area contributed by atoms with Gasteiger partial charge in [-0.2, -0.15) is 11.8 Å². The Kier molecular flexibility index (Phi) is 4.29. The molecule has 1 unspecified atom stereocenters. The minimum absolute atomic E-state index is 0.771. The lowest BCUT2D eigenvalue weighted by Gasteiger charge is -2.20. The number of hydrogen-bond donors (Lipinski definition) is 0. The summed E-state index contributed by atoms with van der Waals surface area (Å²) in [7, 11) is 0. The van der Waals surface area contributed by atoms with Crippen molar-refractivity contribution in [1.82, 2.24) is 14.5 Å². The van der Waals surface area contributed by atoms with E-state index in [1.807, 2.05) is 24.3 Å². The van der Waals surface area contributed by atoms with Crippen LogP contribution >= 0.6 is 11.8 Å². The van der Waals surface area contributed by atoms with Gasteiger partial charge in [-0.15, -0.1) is 0 Å². The van der Waals surface area contributed by atoms with Crippen molar-refractivity contribution in [3.8, 4) is 0 Å². The van der Waals surface area contributed by atoms with Gasteiger partial charge in [-0.05, 0) is 25.6 Å². The first-order chi connectivity index (χ1) is 7.79. The monoisotopic (exact) mass is 239 g/mol. The van der Waals surface area contributed by atoms with Crippen LogP contribution in [0.15, 0.2) is 12.5 Å². The number of rotatable bonds is 4. The lowest BCUT2D eigenvalue weighted by molar-refractivity contribution is 0.266. The van der Waals surface area contributed by atoms with Gasteiger partial charge < -0.3 is 4.57 Å². The molecule has 3 nitrogen and oxygen atoms in total. The van der Waals surface area contributed by atoms with Gasteiger partial charge in [0, 0.05) is 31.1 Å². The Balaban J connectivity index is 1.88. The van der Waals surface area contributed by atoms with E-state index < -0.39 is 0 Å². The first kappa shape index (κ1) is 12.0. The van der Waals surface area contributed by atoms with Gasteiger partial charge in [0.25, 0.3) is 0 Å². The molecule has 1 aliphatic rings. The molecule has 1 aliphatic heterocycles. The first-order valence-electron chi connectivity index (χ1n) is 6.03. The third-order valence-electron chi connectivity index (χ3n) is 3.31. The van der Waals surface area contributed by atoms with Crippen molar-refractivity contribution in [2.45, 2.75) is 38.1 Å². The van der Waals surface area contributed by atoms with Crippen molar-refractivity contribution >= 4 is 11.8 Å². The van der Waals surface area contributed by atoms with Crippen LogP contribution in [-0.2, 0) is 13.1 Å². The SMILES string of the molecule is CSC(C)CCN1CCCn2cncc2C1. The van der Waals surface area contributed by atoms with Crippen LogP contribution in [0.3, 0.4) is 0 Å². The van der Waals surface area contributed by atoms with E-state index >= 15 is 0 Å². The fraction of sp³-hybridized carbons (Fsp3) is 0.750. The average Bonchev–Trinajstić information content (AvgIpc) is 2.64. The smallest absolute Gasteiger partial charge is 0.0948 e. The third-order valence-corrected chi connectivity index (χ3v) is 4.35. The molecule has 0 N–H and O–H groups in total. The Morgan fingerprint density at radius 3 is 3.19 bits per heavy atom. The van der Waals surface area contributed by atoms with Crippen LogP contribution in [-0.4, -0.2) is 39.0 Å². The third kappa shape index (κ3) is 3.01. The van der Waals surface area contributed by atoms with Crippen LogP contribution in [0.4, 0.5) is 0 Å². The van der Waals surface area contributed by atoms with Crippen molar-refractivity contribution in [2.75, 3.05) is 19.3 Å². The van der Waals surface area contributed by atoms with E-state index in [-0.39, 0.29) is 0 Å². The molecule has 0 saturated heterocycles. The number of thioether (sulfide) groups is 1. The second-order valence-electron chi connectivity index (χ2n) is 4.54. The maximum Gasteiger partial charge on any atom is 0.0948 e. The zero-order valence-corrected chi connectivity index (χ0v) is 11.0. The standard InChI is InChI=1S/C12H21N3S/c1-11(16-2)4-7-14-5-3-6-15-10-13-8-12(15)9-14/h8,10-11H,3-7,9H2,1-2H3. The predicted octanol–water partition coefficient (Wildman–Crippen LogP) is 2.23.